The van der Waals surface area contributed by atoms with E-state index >= 15 is 0 Å². The molecule has 44 heavy (non-hydrogen) atoms. The molecule has 0 radical (unpaired) electrons. The van der Waals surface area contributed by atoms with Gasteiger partial charge in [0.05, 0.1) is 0 Å². The summed E-state index contributed by atoms with van der Waals surface area (Å²) in [5.41, 5.74) is 22.2. The van der Waals surface area contributed by atoms with E-state index in [0.29, 0.717) is 0 Å². The van der Waals surface area contributed by atoms with Crippen LogP contribution in [0.5, 0.6) is 0 Å². The maximum absolute atomic E-state index is 12.2. The van der Waals surface area contributed by atoms with Crippen LogP contribution in [0.25, 0.3) is 16.9 Å². The van der Waals surface area contributed by atoms with Gasteiger partial charge in [-0.05, 0) is 86.8 Å². The minimum atomic E-state index is 1.04. The van der Waals surface area contributed by atoms with Gasteiger partial charge in [0.1, 0.15) is 0 Å². The topological polar surface area (TPSA) is 25.3 Å². The van der Waals surface area contributed by atoms with E-state index in [0.717, 1.165) is 37.1 Å². The summed E-state index contributed by atoms with van der Waals surface area (Å²) >= 11 is 0. The van der Waals surface area contributed by atoms with E-state index in [-0.39, 0.29) is 0 Å². The Kier molecular flexibility index (Phi) is 17.4. The number of benzene rings is 2. The Morgan fingerprint density at radius 2 is 0.773 bits per heavy atom. The maximum Gasteiger partial charge on any atom is 0.211 e. The molecule has 2 heteroatoms. The molecule has 2 aromatic rings. The van der Waals surface area contributed by atoms with E-state index in [4.69, 9.17) is 0 Å². The summed E-state index contributed by atoms with van der Waals surface area (Å²) < 4.78 is 1.61. The molecule has 0 amide bonds. The van der Waals surface area contributed by atoms with E-state index in [1.54, 1.807) is 4.70 Å². The molecule has 242 valence electrons. The third-order valence-corrected chi connectivity index (χ3v) is 9.46. The molecular weight excluding hydrogens is 532 g/mol. The molecule has 1 aliphatic rings. The van der Waals surface area contributed by atoms with Crippen LogP contribution in [-0.4, -0.2) is 4.70 Å². The second-order valence-corrected chi connectivity index (χ2v) is 13.3. The van der Waals surface area contributed by atoms with E-state index in [1.165, 1.54) is 149 Å². The van der Waals surface area contributed by atoms with Crippen molar-refractivity contribution in [3.8, 4) is 0 Å². The van der Waals surface area contributed by atoms with Crippen molar-refractivity contribution in [1.82, 2.24) is 0 Å². The number of unbranched alkanes of at least 4 members (excludes halogenated alkanes) is 14. The quantitative estimate of drug-likeness (QED) is 0.0851. The first-order chi connectivity index (χ1) is 21.6. The highest BCUT2D eigenvalue weighted by Gasteiger charge is 2.35. The lowest BCUT2D eigenvalue weighted by Gasteiger charge is -2.12. The van der Waals surface area contributed by atoms with Gasteiger partial charge >= 0.3 is 0 Å². The molecule has 1 aliphatic heterocycles. The van der Waals surface area contributed by atoms with Crippen LogP contribution in [0.4, 0.5) is 0 Å². The molecule has 0 saturated carbocycles. The summed E-state index contributed by atoms with van der Waals surface area (Å²) in [4.78, 5) is 0. The molecule has 0 N–H and O–H groups in total. The normalized spacial score (nSPS) is 13.5. The van der Waals surface area contributed by atoms with Gasteiger partial charge in [0.25, 0.3) is 0 Å². The van der Waals surface area contributed by atoms with Crippen molar-refractivity contribution in [3.05, 3.63) is 87.5 Å². The average molecular weight is 597 g/mol. The molecule has 2 aromatic carbocycles. The highest BCUT2D eigenvalue weighted by Crippen LogP contribution is 2.45. The zero-order valence-corrected chi connectivity index (χ0v) is 29.1. The van der Waals surface area contributed by atoms with Gasteiger partial charge in [-0.1, -0.05) is 142 Å². The van der Waals surface area contributed by atoms with Gasteiger partial charge in [0.2, 0.25) is 11.4 Å². The van der Waals surface area contributed by atoms with Gasteiger partial charge < -0.3 is 5.53 Å². The molecule has 1 heterocycles. The van der Waals surface area contributed by atoms with Crippen molar-refractivity contribution in [1.29, 1.82) is 0 Å². The summed E-state index contributed by atoms with van der Waals surface area (Å²) in [5, 5.41) is 0. The Hall–Kier alpha value is -2.48. The zero-order valence-electron chi connectivity index (χ0n) is 29.1. The van der Waals surface area contributed by atoms with E-state index in [2.05, 4.69) is 76.2 Å². The fraction of sp³-hybridized carbons (Fsp3) is 0.619. The van der Waals surface area contributed by atoms with Crippen molar-refractivity contribution in [2.45, 2.75) is 169 Å². The third-order valence-electron chi connectivity index (χ3n) is 9.46. The fourth-order valence-electron chi connectivity index (χ4n) is 6.86. The van der Waals surface area contributed by atoms with Crippen molar-refractivity contribution < 1.29 is 4.70 Å². The van der Waals surface area contributed by atoms with E-state index in [1.807, 2.05) is 0 Å². The largest absolute Gasteiger partial charge is 0.493 e. The Morgan fingerprint density at radius 1 is 0.432 bits per heavy atom. The average Bonchev–Trinajstić information content (AvgIpc) is 3.31. The predicted octanol–water partition coefficient (Wildman–Crippen LogP) is 13.8. The summed E-state index contributed by atoms with van der Waals surface area (Å²) in [6, 6.07) is 18.2. The zero-order chi connectivity index (χ0) is 31.4. The summed E-state index contributed by atoms with van der Waals surface area (Å²) in [6.07, 6.45) is 27.3. The molecular formula is C42H64N2. The van der Waals surface area contributed by atoms with Crippen LogP contribution in [0, 0.1) is 0 Å². The molecule has 0 unspecified atom stereocenters. The number of hydrogen-bond acceptors (Lipinski definition) is 0. The lowest BCUT2D eigenvalue weighted by atomic mass is 9.90. The molecule has 0 aromatic heterocycles. The number of rotatable bonds is 24. The lowest BCUT2D eigenvalue weighted by Crippen LogP contribution is -2.03. The molecule has 0 fully saturated rings. The first-order valence-electron chi connectivity index (χ1n) is 18.8. The SMILES string of the molecule is CCCCCCCCC1=C(c2cccc(CCCCC)c2)[N+](=[N-])C(c2cccc(CCCCC)c2)=C1CCCCCCCC. The van der Waals surface area contributed by atoms with Crippen molar-refractivity contribution >= 4 is 11.4 Å². The molecule has 3 rings (SSSR count). The summed E-state index contributed by atoms with van der Waals surface area (Å²) in [7, 11) is 0. The minimum absolute atomic E-state index is 1.04. The minimum Gasteiger partial charge on any atom is -0.493 e. The number of hydrogen-bond donors (Lipinski definition) is 0. The molecule has 0 spiro atoms. The second kappa shape index (κ2) is 21.3. The van der Waals surface area contributed by atoms with Crippen LogP contribution in [0.2, 0.25) is 0 Å². The van der Waals surface area contributed by atoms with Crippen LogP contribution >= 0.6 is 0 Å². The van der Waals surface area contributed by atoms with Crippen molar-refractivity contribution in [2.75, 3.05) is 0 Å². The highest BCUT2D eigenvalue weighted by molar-refractivity contribution is 5.82. The standard InChI is InChI=1S/C42H64N2/c1-5-9-13-15-17-21-31-39-40(32-22-18-16-14-10-6-2)42(38-30-24-28-36(34-38)26-20-12-8-4)44(43)41(39)37-29-23-27-35(33-37)25-19-11-7-3/h23-24,27-30,33-34H,5-22,25-26,31-32H2,1-4H3. The smallest absolute Gasteiger partial charge is 0.211 e. The fourth-order valence-corrected chi connectivity index (χ4v) is 6.86. The molecule has 0 bridgehead atoms. The Bertz CT molecular complexity index is 1090. The summed E-state index contributed by atoms with van der Waals surface area (Å²) in [5.74, 6) is 0. The Labute approximate surface area is 271 Å². The molecule has 0 atom stereocenters. The number of allylic oxidation sites excluding steroid dienone is 2. The monoisotopic (exact) mass is 597 g/mol. The predicted molar refractivity (Wildman–Crippen MR) is 193 cm³/mol. The lowest BCUT2D eigenvalue weighted by molar-refractivity contribution is -0.345. The van der Waals surface area contributed by atoms with Gasteiger partial charge in [0, 0.05) is 22.3 Å². The first kappa shape index (κ1) is 36.0. The Morgan fingerprint density at radius 3 is 1.18 bits per heavy atom. The first-order valence-corrected chi connectivity index (χ1v) is 18.8. The van der Waals surface area contributed by atoms with Crippen LogP contribution in [-0.2, 0) is 12.8 Å². The second-order valence-electron chi connectivity index (χ2n) is 13.3. The van der Waals surface area contributed by atoms with E-state index in [9.17, 15) is 5.53 Å². The molecule has 2 nitrogen and oxygen atoms in total. The molecule has 0 saturated heterocycles. The van der Waals surface area contributed by atoms with Gasteiger partial charge in [-0.2, -0.15) is 0 Å². The van der Waals surface area contributed by atoms with E-state index < -0.39 is 0 Å². The third kappa shape index (κ3) is 11.5. The number of aryl methyl sites for hydroxylation is 2. The van der Waals surface area contributed by atoms with Crippen molar-refractivity contribution in [3.63, 3.8) is 0 Å². The summed E-state index contributed by atoms with van der Waals surface area (Å²) in [6.45, 7) is 9.13. The van der Waals surface area contributed by atoms with Gasteiger partial charge in [-0.15, -0.1) is 0 Å². The van der Waals surface area contributed by atoms with Gasteiger partial charge in [-0.3, -0.25) is 0 Å². The maximum atomic E-state index is 12.2. The van der Waals surface area contributed by atoms with Gasteiger partial charge in [0.15, 0.2) is 0 Å². The molecule has 0 aliphatic carbocycles. The van der Waals surface area contributed by atoms with Gasteiger partial charge in [-0.25, -0.2) is 4.70 Å². The van der Waals surface area contributed by atoms with Crippen LogP contribution in [0.3, 0.4) is 0 Å². The Balaban J connectivity index is 2.00. The van der Waals surface area contributed by atoms with Crippen LogP contribution in [0.15, 0.2) is 59.7 Å². The van der Waals surface area contributed by atoms with Crippen LogP contribution < -0.4 is 0 Å². The van der Waals surface area contributed by atoms with Crippen LogP contribution in [0.1, 0.15) is 178 Å². The number of nitrogens with zero attached hydrogens (tertiary/aromatic N) is 2. The highest BCUT2D eigenvalue weighted by atomic mass is 15.2. The van der Waals surface area contributed by atoms with Crippen molar-refractivity contribution in [2.24, 2.45) is 0 Å².